The lowest BCUT2D eigenvalue weighted by atomic mass is 9.79. The zero-order valence-corrected chi connectivity index (χ0v) is 20.4. The normalized spacial score (nSPS) is 18.7. The number of nitrogens with two attached hydrogens (primary N) is 1. The molecule has 0 saturated carbocycles. The first-order valence-corrected chi connectivity index (χ1v) is 11.2. The van der Waals surface area contributed by atoms with Crippen molar-refractivity contribution in [2.75, 3.05) is 24.4 Å². The molecule has 36 heavy (non-hydrogen) atoms. The lowest BCUT2D eigenvalue weighted by Crippen LogP contribution is -2.42. The highest BCUT2D eigenvalue weighted by Crippen LogP contribution is 2.46. The minimum atomic E-state index is -0.954. The molecule has 0 fully saturated rings. The number of nitrogens with zero attached hydrogens (tertiary/aromatic N) is 2. The maximum Gasteiger partial charge on any atom is 0.355 e. The van der Waals surface area contributed by atoms with Gasteiger partial charge in [-0.2, -0.15) is 5.26 Å². The van der Waals surface area contributed by atoms with E-state index in [1.54, 1.807) is 62.4 Å². The van der Waals surface area contributed by atoms with E-state index in [2.05, 4.69) is 11.4 Å². The zero-order chi connectivity index (χ0) is 26.2. The van der Waals surface area contributed by atoms with Crippen LogP contribution in [-0.2, 0) is 30.3 Å². The summed E-state index contributed by atoms with van der Waals surface area (Å²) < 4.78 is 10.2. The SMILES string of the molecule is COC(=O)C1=C(C(=O)OC)N(c2cccc3c2CC(C)(C)C(=O)N3)C(N)=C(C#N)C1c1ccccc1. The number of allylic oxidation sites excluding steroid dienone is 1. The van der Waals surface area contributed by atoms with Gasteiger partial charge in [0.2, 0.25) is 5.91 Å². The largest absolute Gasteiger partial charge is 0.466 e. The zero-order valence-electron chi connectivity index (χ0n) is 20.4. The molecule has 1 unspecified atom stereocenters. The Hall–Kier alpha value is -4.58. The standard InChI is InChI=1S/C27H26N4O5/c1-27(2)13-16-18(30-26(27)34)11-8-12-19(16)31-22(25(33)36-4)21(24(32)35-3)20(17(14-28)23(31)29)15-9-6-5-7-10-15/h5-12,20H,13,29H2,1-4H3,(H,30,34). The van der Waals surface area contributed by atoms with E-state index in [1.807, 2.05) is 0 Å². The van der Waals surface area contributed by atoms with Crippen molar-refractivity contribution in [3.8, 4) is 6.07 Å². The lowest BCUT2D eigenvalue weighted by molar-refractivity contribution is -0.139. The molecule has 0 radical (unpaired) electrons. The summed E-state index contributed by atoms with van der Waals surface area (Å²) in [5.74, 6) is -2.75. The van der Waals surface area contributed by atoms with Crippen molar-refractivity contribution >= 4 is 29.2 Å². The second-order valence-corrected chi connectivity index (χ2v) is 9.15. The van der Waals surface area contributed by atoms with Crippen LogP contribution in [0.4, 0.5) is 11.4 Å². The number of esters is 2. The molecule has 2 aromatic rings. The van der Waals surface area contributed by atoms with E-state index < -0.39 is 23.3 Å². The van der Waals surface area contributed by atoms with Crippen LogP contribution < -0.4 is 16.0 Å². The van der Waals surface area contributed by atoms with Gasteiger partial charge in [-0.15, -0.1) is 0 Å². The van der Waals surface area contributed by atoms with E-state index in [4.69, 9.17) is 15.2 Å². The Labute approximate surface area is 208 Å². The molecule has 0 bridgehead atoms. The molecule has 0 aliphatic carbocycles. The van der Waals surface area contributed by atoms with E-state index in [0.29, 0.717) is 28.9 Å². The molecular formula is C27H26N4O5. The number of benzene rings is 2. The van der Waals surface area contributed by atoms with Gasteiger partial charge in [0.1, 0.15) is 11.5 Å². The summed E-state index contributed by atoms with van der Waals surface area (Å²) in [5, 5.41) is 13.1. The summed E-state index contributed by atoms with van der Waals surface area (Å²) in [7, 11) is 2.40. The first-order chi connectivity index (χ1) is 17.2. The van der Waals surface area contributed by atoms with Gasteiger partial charge in [0.15, 0.2) is 0 Å². The maximum atomic E-state index is 13.3. The van der Waals surface area contributed by atoms with Gasteiger partial charge in [0, 0.05) is 16.7 Å². The third-order valence-corrected chi connectivity index (χ3v) is 6.48. The summed E-state index contributed by atoms with van der Waals surface area (Å²) in [5.41, 5.74) is 7.99. The molecule has 2 aliphatic heterocycles. The summed E-state index contributed by atoms with van der Waals surface area (Å²) in [4.78, 5) is 40.4. The van der Waals surface area contributed by atoms with Gasteiger partial charge in [-0.25, -0.2) is 9.59 Å². The molecule has 4 rings (SSSR count). The van der Waals surface area contributed by atoms with Crippen molar-refractivity contribution in [3.05, 3.63) is 82.3 Å². The molecule has 1 amide bonds. The van der Waals surface area contributed by atoms with Crippen LogP contribution in [0.5, 0.6) is 0 Å². The Kier molecular flexibility index (Phi) is 6.29. The summed E-state index contributed by atoms with van der Waals surface area (Å²) in [6.07, 6.45) is 0.333. The molecular weight excluding hydrogens is 460 g/mol. The number of ether oxygens (including phenoxy) is 2. The topological polar surface area (TPSA) is 135 Å². The molecule has 0 aromatic heterocycles. The van der Waals surface area contributed by atoms with Gasteiger partial charge in [0.05, 0.1) is 43.0 Å². The Balaban J connectivity index is 2.08. The fourth-order valence-electron chi connectivity index (χ4n) is 4.66. The Morgan fingerprint density at radius 1 is 1.08 bits per heavy atom. The number of anilines is 2. The maximum absolute atomic E-state index is 13.3. The molecule has 9 heteroatoms. The lowest BCUT2D eigenvalue weighted by Gasteiger charge is -2.39. The van der Waals surface area contributed by atoms with Crippen molar-refractivity contribution in [2.45, 2.75) is 26.2 Å². The quantitative estimate of drug-likeness (QED) is 0.630. The van der Waals surface area contributed by atoms with Gasteiger partial charge in [-0.05, 0) is 24.1 Å². The number of amides is 1. The highest BCUT2D eigenvalue weighted by Gasteiger charge is 2.44. The molecule has 9 nitrogen and oxygen atoms in total. The predicted octanol–water partition coefficient (Wildman–Crippen LogP) is 3.11. The van der Waals surface area contributed by atoms with E-state index in [-0.39, 0.29) is 28.6 Å². The van der Waals surface area contributed by atoms with Gasteiger partial charge in [-0.1, -0.05) is 50.2 Å². The highest BCUT2D eigenvalue weighted by atomic mass is 16.5. The third-order valence-electron chi connectivity index (χ3n) is 6.48. The summed E-state index contributed by atoms with van der Waals surface area (Å²) in [6, 6.07) is 16.1. The van der Waals surface area contributed by atoms with Gasteiger partial charge >= 0.3 is 11.9 Å². The van der Waals surface area contributed by atoms with Gasteiger partial charge < -0.3 is 20.5 Å². The van der Waals surface area contributed by atoms with Crippen LogP contribution in [0.3, 0.4) is 0 Å². The highest BCUT2D eigenvalue weighted by molar-refractivity contribution is 6.07. The predicted molar refractivity (Wildman–Crippen MR) is 132 cm³/mol. The first-order valence-electron chi connectivity index (χ1n) is 11.2. The smallest absolute Gasteiger partial charge is 0.355 e. The van der Waals surface area contributed by atoms with Crippen LogP contribution >= 0.6 is 0 Å². The van der Waals surface area contributed by atoms with Crippen LogP contribution in [0, 0.1) is 16.7 Å². The molecule has 3 N–H and O–H groups in total. The Morgan fingerprint density at radius 3 is 2.36 bits per heavy atom. The van der Waals surface area contributed by atoms with Crippen LogP contribution in [-0.4, -0.2) is 32.1 Å². The number of nitriles is 1. The fraction of sp³-hybridized carbons (Fsp3) is 0.259. The number of hydrogen-bond acceptors (Lipinski definition) is 8. The average molecular weight is 487 g/mol. The van der Waals surface area contributed by atoms with Crippen molar-refractivity contribution < 1.29 is 23.9 Å². The molecule has 2 aromatic carbocycles. The van der Waals surface area contributed by atoms with Crippen LogP contribution in [0.2, 0.25) is 0 Å². The second-order valence-electron chi connectivity index (χ2n) is 9.15. The van der Waals surface area contributed by atoms with Crippen LogP contribution in [0.25, 0.3) is 0 Å². The molecule has 0 saturated heterocycles. The van der Waals surface area contributed by atoms with Crippen molar-refractivity contribution in [1.82, 2.24) is 0 Å². The van der Waals surface area contributed by atoms with Gasteiger partial charge in [-0.3, -0.25) is 9.69 Å². The van der Waals surface area contributed by atoms with E-state index in [9.17, 15) is 19.6 Å². The Morgan fingerprint density at radius 2 is 1.75 bits per heavy atom. The number of hydrogen-bond donors (Lipinski definition) is 2. The third kappa shape index (κ3) is 3.86. The van der Waals surface area contributed by atoms with E-state index in [1.165, 1.54) is 19.1 Å². The number of carbonyl (C=O) groups is 3. The summed E-state index contributed by atoms with van der Waals surface area (Å²) >= 11 is 0. The number of carbonyl (C=O) groups excluding carboxylic acids is 3. The molecule has 2 aliphatic rings. The van der Waals surface area contributed by atoms with Gasteiger partial charge in [0.25, 0.3) is 0 Å². The molecule has 2 heterocycles. The average Bonchev–Trinajstić information content (AvgIpc) is 2.87. The van der Waals surface area contributed by atoms with Crippen molar-refractivity contribution in [1.29, 1.82) is 5.26 Å². The molecule has 0 spiro atoms. The number of nitrogens with one attached hydrogen (secondary N) is 1. The second kappa shape index (κ2) is 9.23. The van der Waals surface area contributed by atoms with Crippen LogP contribution in [0.1, 0.15) is 30.9 Å². The number of methoxy groups -OCH3 is 2. The molecule has 1 atom stereocenters. The molecule has 184 valence electrons. The van der Waals surface area contributed by atoms with Crippen LogP contribution in [0.15, 0.2) is 71.2 Å². The monoisotopic (exact) mass is 486 g/mol. The minimum absolute atomic E-state index is 0.0255. The van der Waals surface area contributed by atoms with Crippen molar-refractivity contribution in [2.24, 2.45) is 11.1 Å². The first kappa shape index (κ1) is 24.5. The van der Waals surface area contributed by atoms with E-state index >= 15 is 0 Å². The Bertz CT molecular complexity index is 1370. The number of fused-ring (bicyclic) bond motifs is 1. The fourth-order valence-corrected chi connectivity index (χ4v) is 4.66. The van der Waals surface area contributed by atoms with E-state index in [0.717, 1.165) is 0 Å². The number of rotatable bonds is 4. The summed E-state index contributed by atoms with van der Waals surface area (Å²) in [6.45, 7) is 3.61. The van der Waals surface area contributed by atoms with Crippen molar-refractivity contribution in [3.63, 3.8) is 0 Å². The minimum Gasteiger partial charge on any atom is -0.466 e.